The fraction of sp³-hybridized carbons (Fsp3) is 0.391. The standard InChI is InChI=1S/C23H22Cl2F3N3O/c1-13-10-15(23(26,27)28)11-17-14(2)29-31(21(13)17)12-18-19(24)7-6-16(20(18)25)22(32)30-8-4-3-5-9-30/h6-7,10-11H,3-5,8-9,12H2,1-2H3. The molecule has 1 aromatic heterocycles. The molecule has 0 bridgehead atoms. The number of aromatic nitrogens is 2. The van der Waals surface area contributed by atoms with Crippen LogP contribution in [0.2, 0.25) is 10.0 Å². The van der Waals surface area contributed by atoms with Crippen molar-refractivity contribution in [1.29, 1.82) is 0 Å². The highest BCUT2D eigenvalue weighted by Gasteiger charge is 2.32. The maximum atomic E-state index is 13.3. The Labute approximate surface area is 193 Å². The van der Waals surface area contributed by atoms with E-state index in [1.807, 2.05) is 0 Å². The molecule has 170 valence electrons. The Kier molecular flexibility index (Phi) is 6.16. The second kappa shape index (κ2) is 8.60. The molecule has 0 aliphatic carbocycles. The summed E-state index contributed by atoms with van der Waals surface area (Å²) in [5.74, 6) is -0.139. The third-order valence-corrected chi connectivity index (χ3v) is 6.70. The van der Waals surface area contributed by atoms with Crippen molar-refractivity contribution in [3.8, 4) is 0 Å². The molecule has 1 aliphatic rings. The Hall–Kier alpha value is -2.25. The zero-order valence-corrected chi connectivity index (χ0v) is 19.2. The number of nitrogens with zero attached hydrogens (tertiary/aromatic N) is 3. The number of fused-ring (bicyclic) bond motifs is 1. The van der Waals surface area contributed by atoms with Crippen molar-refractivity contribution in [3.63, 3.8) is 0 Å². The Morgan fingerprint density at radius 3 is 2.44 bits per heavy atom. The van der Waals surface area contributed by atoms with E-state index in [0.717, 1.165) is 31.4 Å². The minimum Gasteiger partial charge on any atom is -0.339 e. The molecule has 9 heteroatoms. The largest absolute Gasteiger partial charge is 0.416 e. The highest BCUT2D eigenvalue weighted by atomic mass is 35.5. The van der Waals surface area contributed by atoms with E-state index in [-0.39, 0.29) is 17.5 Å². The minimum absolute atomic E-state index is 0.134. The molecule has 2 aromatic carbocycles. The Bertz CT molecular complexity index is 1200. The van der Waals surface area contributed by atoms with Crippen molar-refractivity contribution in [1.82, 2.24) is 14.7 Å². The molecule has 1 fully saturated rings. The van der Waals surface area contributed by atoms with Gasteiger partial charge in [0.05, 0.1) is 33.9 Å². The summed E-state index contributed by atoms with van der Waals surface area (Å²) in [5, 5.41) is 5.49. The lowest BCUT2D eigenvalue weighted by Gasteiger charge is -2.27. The molecular formula is C23H22Cl2F3N3O. The van der Waals surface area contributed by atoms with Crippen LogP contribution < -0.4 is 0 Å². The molecule has 1 amide bonds. The van der Waals surface area contributed by atoms with E-state index in [1.165, 1.54) is 0 Å². The number of rotatable bonds is 3. The summed E-state index contributed by atoms with van der Waals surface area (Å²) >= 11 is 13.1. The average Bonchev–Trinajstić information content (AvgIpc) is 3.06. The maximum Gasteiger partial charge on any atom is 0.416 e. The van der Waals surface area contributed by atoms with Crippen LogP contribution in [0.4, 0.5) is 13.2 Å². The molecule has 4 rings (SSSR count). The van der Waals surface area contributed by atoms with Gasteiger partial charge in [-0.25, -0.2) is 0 Å². The summed E-state index contributed by atoms with van der Waals surface area (Å²) in [6, 6.07) is 5.48. The third-order valence-electron chi connectivity index (χ3n) is 5.91. The average molecular weight is 484 g/mol. The van der Waals surface area contributed by atoms with Gasteiger partial charge in [-0.05, 0) is 62.9 Å². The summed E-state index contributed by atoms with van der Waals surface area (Å²) in [6.45, 7) is 4.80. The summed E-state index contributed by atoms with van der Waals surface area (Å²) in [7, 11) is 0. The van der Waals surface area contributed by atoms with E-state index < -0.39 is 11.7 Å². The van der Waals surface area contributed by atoms with Gasteiger partial charge in [0, 0.05) is 29.1 Å². The number of carbonyl (C=O) groups is 1. The van der Waals surface area contributed by atoms with Crippen LogP contribution in [0.15, 0.2) is 24.3 Å². The van der Waals surface area contributed by atoms with Gasteiger partial charge < -0.3 is 4.90 Å². The number of likely N-dealkylation sites (tertiary alicyclic amines) is 1. The molecule has 1 saturated heterocycles. The maximum absolute atomic E-state index is 13.3. The van der Waals surface area contributed by atoms with Crippen LogP contribution in [0.1, 0.15) is 52.0 Å². The molecule has 4 nitrogen and oxygen atoms in total. The monoisotopic (exact) mass is 483 g/mol. The van der Waals surface area contributed by atoms with Gasteiger partial charge in [0.15, 0.2) is 0 Å². The first-order valence-electron chi connectivity index (χ1n) is 10.4. The lowest BCUT2D eigenvalue weighted by atomic mass is 10.0. The molecule has 0 unspecified atom stereocenters. The smallest absolute Gasteiger partial charge is 0.339 e. The van der Waals surface area contributed by atoms with E-state index >= 15 is 0 Å². The molecule has 3 aromatic rings. The highest BCUT2D eigenvalue weighted by molar-refractivity contribution is 6.38. The molecular weight excluding hydrogens is 462 g/mol. The summed E-state index contributed by atoms with van der Waals surface area (Å²) in [6.07, 6.45) is -1.42. The van der Waals surface area contributed by atoms with Gasteiger partial charge in [0.2, 0.25) is 0 Å². The number of hydrogen-bond acceptors (Lipinski definition) is 2. The normalized spacial score (nSPS) is 14.9. The van der Waals surface area contributed by atoms with Crippen LogP contribution >= 0.6 is 23.2 Å². The lowest BCUT2D eigenvalue weighted by molar-refractivity contribution is -0.137. The van der Waals surface area contributed by atoms with Crippen molar-refractivity contribution < 1.29 is 18.0 Å². The first-order valence-corrected chi connectivity index (χ1v) is 11.1. The van der Waals surface area contributed by atoms with Crippen LogP contribution in [0, 0.1) is 13.8 Å². The number of carbonyl (C=O) groups excluding carboxylic acids is 1. The van der Waals surface area contributed by atoms with Crippen molar-refractivity contribution >= 4 is 40.0 Å². The minimum atomic E-state index is -4.44. The predicted molar refractivity (Wildman–Crippen MR) is 120 cm³/mol. The van der Waals surface area contributed by atoms with Gasteiger partial charge in [-0.2, -0.15) is 18.3 Å². The van der Waals surface area contributed by atoms with Crippen molar-refractivity contribution in [2.24, 2.45) is 0 Å². The molecule has 0 atom stereocenters. The van der Waals surface area contributed by atoms with E-state index in [0.29, 0.717) is 51.4 Å². The fourth-order valence-corrected chi connectivity index (χ4v) is 4.86. The van der Waals surface area contributed by atoms with Crippen LogP contribution in [-0.2, 0) is 12.7 Å². The highest BCUT2D eigenvalue weighted by Crippen LogP contribution is 2.36. The van der Waals surface area contributed by atoms with E-state index in [1.54, 1.807) is 35.6 Å². The molecule has 2 heterocycles. The van der Waals surface area contributed by atoms with Crippen LogP contribution in [-0.4, -0.2) is 33.7 Å². The second-order valence-electron chi connectivity index (χ2n) is 8.17. The van der Waals surface area contributed by atoms with Gasteiger partial charge >= 0.3 is 6.18 Å². The Morgan fingerprint density at radius 1 is 1.09 bits per heavy atom. The van der Waals surface area contributed by atoms with Gasteiger partial charge in [0.1, 0.15) is 0 Å². The third kappa shape index (κ3) is 4.20. The molecule has 32 heavy (non-hydrogen) atoms. The number of halogens is 5. The molecule has 1 aliphatic heterocycles. The van der Waals surface area contributed by atoms with Crippen LogP contribution in [0.5, 0.6) is 0 Å². The van der Waals surface area contributed by atoms with Gasteiger partial charge in [-0.15, -0.1) is 0 Å². The predicted octanol–water partition coefficient (Wildman–Crippen LogP) is 6.65. The zero-order chi connectivity index (χ0) is 23.2. The van der Waals surface area contributed by atoms with Gasteiger partial charge in [0.25, 0.3) is 5.91 Å². The first kappa shape index (κ1) is 22.9. The second-order valence-corrected chi connectivity index (χ2v) is 8.96. The number of aryl methyl sites for hydroxylation is 2. The van der Waals surface area contributed by atoms with Gasteiger partial charge in [-0.3, -0.25) is 9.48 Å². The van der Waals surface area contributed by atoms with Crippen molar-refractivity contribution in [3.05, 3.63) is 62.3 Å². The molecule has 0 saturated carbocycles. The molecule has 0 spiro atoms. The first-order chi connectivity index (χ1) is 15.1. The van der Waals surface area contributed by atoms with E-state index in [2.05, 4.69) is 5.10 Å². The van der Waals surface area contributed by atoms with Gasteiger partial charge in [-0.1, -0.05) is 23.2 Å². The van der Waals surface area contributed by atoms with Crippen molar-refractivity contribution in [2.75, 3.05) is 13.1 Å². The molecule has 0 N–H and O–H groups in total. The summed E-state index contributed by atoms with van der Waals surface area (Å²) < 4.78 is 41.4. The Balaban J connectivity index is 1.75. The fourth-order valence-electron chi connectivity index (χ4n) is 4.29. The number of hydrogen-bond donors (Lipinski definition) is 0. The topological polar surface area (TPSA) is 38.1 Å². The number of piperidine rings is 1. The quantitative estimate of drug-likeness (QED) is 0.418. The lowest BCUT2D eigenvalue weighted by Crippen LogP contribution is -2.35. The van der Waals surface area contributed by atoms with Crippen LogP contribution in [0.25, 0.3) is 10.9 Å². The number of benzene rings is 2. The van der Waals surface area contributed by atoms with Crippen LogP contribution in [0.3, 0.4) is 0 Å². The SMILES string of the molecule is Cc1nn(Cc2c(Cl)ccc(C(=O)N3CCCCC3)c2Cl)c2c(C)cc(C(F)(F)F)cc12. The van der Waals surface area contributed by atoms with E-state index in [9.17, 15) is 18.0 Å². The summed E-state index contributed by atoms with van der Waals surface area (Å²) in [5.41, 5.74) is 1.67. The van der Waals surface area contributed by atoms with E-state index in [4.69, 9.17) is 23.2 Å². The molecule has 0 radical (unpaired) electrons. The van der Waals surface area contributed by atoms with Crippen molar-refractivity contribution in [2.45, 2.75) is 45.8 Å². The summed E-state index contributed by atoms with van der Waals surface area (Å²) in [4.78, 5) is 14.8. The Morgan fingerprint density at radius 2 is 1.78 bits per heavy atom. The zero-order valence-electron chi connectivity index (χ0n) is 17.7. The number of amides is 1. The number of alkyl halides is 3.